The van der Waals surface area contributed by atoms with Crippen molar-refractivity contribution in [2.75, 3.05) is 6.54 Å². The summed E-state index contributed by atoms with van der Waals surface area (Å²) < 4.78 is 1.54. The molecule has 0 saturated heterocycles. The lowest BCUT2D eigenvalue weighted by Crippen LogP contribution is -2.28. The van der Waals surface area contributed by atoms with Crippen LogP contribution in [0, 0.1) is 13.8 Å². The summed E-state index contributed by atoms with van der Waals surface area (Å²) in [6, 6.07) is 11.8. The van der Waals surface area contributed by atoms with Crippen LogP contribution < -0.4 is 10.9 Å². The van der Waals surface area contributed by atoms with Crippen LogP contribution in [0.15, 0.2) is 41.2 Å². The SMILES string of the molecule is Cc1cc(C(C)(C)C)cc(C)c1CCNC(=O)CCc1nc2ccccc2c(=O)n1C. The Labute approximate surface area is 184 Å². The molecule has 0 saturated carbocycles. The Morgan fingerprint density at radius 1 is 1.06 bits per heavy atom. The largest absolute Gasteiger partial charge is 0.356 e. The summed E-state index contributed by atoms with van der Waals surface area (Å²) in [4.78, 5) is 29.5. The summed E-state index contributed by atoms with van der Waals surface area (Å²) in [6.45, 7) is 11.6. The number of aryl methyl sites for hydroxylation is 3. The molecular weight excluding hydrogens is 386 g/mol. The van der Waals surface area contributed by atoms with Crippen molar-refractivity contribution in [3.05, 3.63) is 74.8 Å². The molecule has 1 amide bonds. The highest BCUT2D eigenvalue weighted by molar-refractivity contribution is 5.78. The molecule has 1 aromatic heterocycles. The highest BCUT2D eigenvalue weighted by Gasteiger charge is 2.16. The van der Waals surface area contributed by atoms with Crippen LogP contribution >= 0.6 is 0 Å². The fourth-order valence-electron chi connectivity index (χ4n) is 3.95. The summed E-state index contributed by atoms with van der Waals surface area (Å²) in [5.74, 6) is 0.604. The quantitative estimate of drug-likeness (QED) is 0.653. The van der Waals surface area contributed by atoms with Crippen molar-refractivity contribution in [2.24, 2.45) is 7.05 Å². The maximum absolute atomic E-state index is 12.5. The highest BCUT2D eigenvalue weighted by Crippen LogP contribution is 2.27. The molecule has 3 rings (SSSR count). The first-order valence-corrected chi connectivity index (χ1v) is 10.9. The molecule has 1 heterocycles. The number of nitrogens with one attached hydrogen (secondary N) is 1. The predicted octanol–water partition coefficient (Wildman–Crippen LogP) is 4.14. The first-order chi connectivity index (χ1) is 14.6. The molecule has 1 N–H and O–H groups in total. The van der Waals surface area contributed by atoms with Crippen LogP contribution in [0.4, 0.5) is 0 Å². The number of hydrogen-bond donors (Lipinski definition) is 1. The van der Waals surface area contributed by atoms with Gasteiger partial charge in [0.2, 0.25) is 5.91 Å². The topological polar surface area (TPSA) is 64.0 Å². The van der Waals surface area contributed by atoms with Gasteiger partial charge in [-0.25, -0.2) is 4.98 Å². The minimum absolute atomic E-state index is 0.0241. The number of hydrogen-bond acceptors (Lipinski definition) is 3. The van der Waals surface area contributed by atoms with Gasteiger partial charge in [0.15, 0.2) is 0 Å². The molecule has 0 aliphatic rings. The van der Waals surface area contributed by atoms with E-state index in [4.69, 9.17) is 0 Å². The van der Waals surface area contributed by atoms with E-state index in [0.29, 0.717) is 36.1 Å². The van der Waals surface area contributed by atoms with Crippen LogP contribution in [-0.2, 0) is 30.1 Å². The molecule has 0 aliphatic carbocycles. The van der Waals surface area contributed by atoms with Gasteiger partial charge in [-0.05, 0) is 60.1 Å². The number of rotatable bonds is 6. The monoisotopic (exact) mass is 419 g/mol. The van der Waals surface area contributed by atoms with Crippen LogP contribution in [0.1, 0.15) is 55.3 Å². The Bertz CT molecular complexity index is 1150. The van der Waals surface area contributed by atoms with Gasteiger partial charge in [0.25, 0.3) is 5.56 Å². The second-order valence-electron chi connectivity index (χ2n) is 9.35. The fraction of sp³-hybridized carbons (Fsp3) is 0.423. The van der Waals surface area contributed by atoms with Gasteiger partial charge in [-0.1, -0.05) is 45.0 Å². The van der Waals surface area contributed by atoms with E-state index >= 15 is 0 Å². The van der Waals surface area contributed by atoms with E-state index in [1.54, 1.807) is 17.7 Å². The smallest absolute Gasteiger partial charge is 0.261 e. The second-order valence-corrected chi connectivity index (χ2v) is 9.35. The van der Waals surface area contributed by atoms with E-state index < -0.39 is 0 Å². The number of nitrogens with zero attached hydrogens (tertiary/aromatic N) is 2. The van der Waals surface area contributed by atoms with Gasteiger partial charge >= 0.3 is 0 Å². The Morgan fingerprint density at radius 3 is 2.35 bits per heavy atom. The normalized spacial score (nSPS) is 11.7. The molecule has 164 valence electrons. The molecule has 0 spiro atoms. The lowest BCUT2D eigenvalue weighted by molar-refractivity contribution is -0.121. The molecule has 0 aliphatic heterocycles. The van der Waals surface area contributed by atoms with Crippen LogP contribution in [0.25, 0.3) is 10.9 Å². The maximum atomic E-state index is 12.5. The number of aromatic nitrogens is 2. The second kappa shape index (κ2) is 9.04. The zero-order valence-electron chi connectivity index (χ0n) is 19.5. The molecule has 0 radical (unpaired) electrons. The minimum Gasteiger partial charge on any atom is -0.356 e. The fourth-order valence-corrected chi connectivity index (χ4v) is 3.95. The molecule has 0 atom stereocenters. The number of fused-ring (bicyclic) bond motifs is 1. The Balaban J connectivity index is 1.59. The van der Waals surface area contributed by atoms with Crippen molar-refractivity contribution in [3.63, 3.8) is 0 Å². The Morgan fingerprint density at radius 2 is 1.71 bits per heavy atom. The number of carbonyl (C=O) groups is 1. The van der Waals surface area contributed by atoms with Crippen LogP contribution in [0.3, 0.4) is 0 Å². The summed E-state index contributed by atoms with van der Waals surface area (Å²) in [6.07, 6.45) is 1.54. The van der Waals surface area contributed by atoms with Crippen molar-refractivity contribution >= 4 is 16.8 Å². The average molecular weight is 420 g/mol. The first kappa shape index (κ1) is 22.7. The highest BCUT2D eigenvalue weighted by atomic mass is 16.1. The van der Waals surface area contributed by atoms with Crippen molar-refractivity contribution in [2.45, 2.75) is 59.3 Å². The minimum atomic E-state index is -0.0781. The molecule has 2 aromatic carbocycles. The van der Waals surface area contributed by atoms with Gasteiger partial charge < -0.3 is 5.32 Å². The third-order valence-corrected chi connectivity index (χ3v) is 5.91. The van der Waals surface area contributed by atoms with Gasteiger partial charge in [0.1, 0.15) is 5.82 Å². The van der Waals surface area contributed by atoms with E-state index in [0.717, 1.165) is 6.42 Å². The van der Waals surface area contributed by atoms with E-state index in [2.05, 4.69) is 57.1 Å². The van der Waals surface area contributed by atoms with Crippen LogP contribution in [-0.4, -0.2) is 22.0 Å². The molecule has 0 bridgehead atoms. The zero-order chi connectivity index (χ0) is 22.8. The van der Waals surface area contributed by atoms with E-state index in [-0.39, 0.29) is 16.9 Å². The first-order valence-electron chi connectivity index (χ1n) is 10.9. The van der Waals surface area contributed by atoms with Gasteiger partial charge in [-0.3, -0.25) is 14.2 Å². The van der Waals surface area contributed by atoms with Crippen molar-refractivity contribution in [3.8, 4) is 0 Å². The molecule has 5 heteroatoms. The molecule has 5 nitrogen and oxygen atoms in total. The number of amides is 1. The van der Waals surface area contributed by atoms with Crippen molar-refractivity contribution in [1.82, 2.24) is 14.9 Å². The predicted molar refractivity (Wildman–Crippen MR) is 127 cm³/mol. The van der Waals surface area contributed by atoms with Crippen LogP contribution in [0.5, 0.6) is 0 Å². The number of para-hydroxylation sites is 1. The third kappa shape index (κ3) is 5.22. The third-order valence-electron chi connectivity index (χ3n) is 5.91. The molecule has 31 heavy (non-hydrogen) atoms. The van der Waals surface area contributed by atoms with E-state index in [1.807, 2.05) is 18.2 Å². The number of benzene rings is 2. The van der Waals surface area contributed by atoms with Gasteiger partial charge in [-0.15, -0.1) is 0 Å². The molecule has 0 fully saturated rings. The lowest BCUT2D eigenvalue weighted by Gasteiger charge is -2.22. The summed E-state index contributed by atoms with van der Waals surface area (Å²) in [5, 5.41) is 3.62. The van der Waals surface area contributed by atoms with Crippen LogP contribution in [0.2, 0.25) is 0 Å². The Kier molecular flexibility index (Phi) is 6.63. The molecule has 3 aromatic rings. The van der Waals surface area contributed by atoms with Crippen molar-refractivity contribution in [1.29, 1.82) is 0 Å². The summed E-state index contributed by atoms with van der Waals surface area (Å²) in [5.41, 5.74) is 5.90. The van der Waals surface area contributed by atoms with Gasteiger partial charge in [-0.2, -0.15) is 0 Å². The summed E-state index contributed by atoms with van der Waals surface area (Å²) >= 11 is 0. The Hall–Kier alpha value is -2.95. The van der Waals surface area contributed by atoms with Crippen molar-refractivity contribution < 1.29 is 4.79 Å². The van der Waals surface area contributed by atoms with Gasteiger partial charge in [0, 0.05) is 26.4 Å². The lowest BCUT2D eigenvalue weighted by atomic mass is 9.83. The summed E-state index contributed by atoms with van der Waals surface area (Å²) in [7, 11) is 1.71. The molecule has 0 unspecified atom stereocenters. The zero-order valence-corrected chi connectivity index (χ0v) is 19.5. The van der Waals surface area contributed by atoms with E-state index in [1.165, 1.54) is 22.3 Å². The maximum Gasteiger partial charge on any atom is 0.261 e. The molecular formula is C26H33N3O2. The standard InChI is InChI=1S/C26H33N3O2/c1-17-15-19(26(3,4)5)16-18(2)20(17)13-14-27-24(30)12-11-23-28-22-10-8-7-9-21(22)25(31)29(23)6/h7-10,15-16H,11-14H2,1-6H3,(H,27,30). The average Bonchev–Trinajstić information content (AvgIpc) is 2.70. The van der Waals surface area contributed by atoms with E-state index in [9.17, 15) is 9.59 Å². The van der Waals surface area contributed by atoms with Gasteiger partial charge in [0.05, 0.1) is 10.9 Å². The number of carbonyl (C=O) groups excluding carboxylic acids is 1.